The molecule has 0 amide bonds. The molecule has 0 aliphatic carbocycles. The number of carbonyl (C=O) groups excluding carboxylic acids is 4. The van der Waals surface area contributed by atoms with Gasteiger partial charge in [-0.3, -0.25) is 4.79 Å². The van der Waals surface area contributed by atoms with Crippen molar-refractivity contribution >= 4 is 96.9 Å². The van der Waals surface area contributed by atoms with E-state index in [0.29, 0.717) is 6.61 Å². The monoisotopic (exact) mass is 612 g/mol. The van der Waals surface area contributed by atoms with Crippen molar-refractivity contribution in [2.75, 3.05) is 29.6 Å². The minimum absolute atomic E-state index is 0.187. The Morgan fingerprint density at radius 3 is 1.30 bits per heavy atom. The van der Waals surface area contributed by atoms with Crippen LogP contribution in [0.3, 0.4) is 0 Å². The number of hydrogen-bond acceptors (Lipinski definition) is 12. The molecule has 0 aromatic heterocycles. The normalized spacial score (nSPS) is 8.47. The third-order valence-electron chi connectivity index (χ3n) is 2.21. The average molecular weight is 611 g/mol. The van der Waals surface area contributed by atoms with Crippen LogP contribution >= 0.6 is 50.5 Å². The SMILES string of the molecule is CC(C)CCCCCOC(=O)CS.O=C([O-])CS.O=C([O-])CS.O=C([O-])CS.[CH3][Sn+3]. The summed E-state index contributed by atoms with van der Waals surface area (Å²) in [7, 11) is 0. The Labute approximate surface area is 215 Å². The number of unbranched alkanes of at least 4 members (excludes halogenated alkanes) is 2. The van der Waals surface area contributed by atoms with Gasteiger partial charge >= 0.3 is 33.4 Å². The zero-order chi connectivity index (χ0) is 25.0. The molecule has 30 heavy (non-hydrogen) atoms. The van der Waals surface area contributed by atoms with Gasteiger partial charge in [0.05, 0.1) is 30.3 Å². The maximum atomic E-state index is 10.7. The second kappa shape index (κ2) is 36.5. The predicted octanol–water partition coefficient (Wildman–Crippen LogP) is -1.12. The Hall–Kier alpha value is 0.0787. The Morgan fingerprint density at radius 2 is 1.07 bits per heavy atom. The first kappa shape index (κ1) is 40.4. The Morgan fingerprint density at radius 1 is 0.733 bits per heavy atom. The van der Waals surface area contributed by atoms with Gasteiger partial charge in [0.25, 0.3) is 0 Å². The third-order valence-corrected chi connectivity index (χ3v) is 3.24. The molecular weight excluding hydrogens is 579 g/mol. The zero-order valence-corrected chi connectivity index (χ0v) is 23.9. The van der Waals surface area contributed by atoms with Gasteiger partial charge in [-0.05, 0) is 12.3 Å². The first-order valence-electron chi connectivity index (χ1n) is 8.66. The van der Waals surface area contributed by atoms with E-state index in [4.69, 9.17) is 4.74 Å². The van der Waals surface area contributed by atoms with Gasteiger partial charge < -0.3 is 34.4 Å². The van der Waals surface area contributed by atoms with Gasteiger partial charge in [-0.25, -0.2) is 0 Å². The van der Waals surface area contributed by atoms with Crippen LogP contribution in [0.15, 0.2) is 0 Å². The maximum absolute atomic E-state index is 10.7. The Kier molecular flexibility index (Phi) is 49.1. The quantitative estimate of drug-likeness (QED) is 0.105. The molecule has 0 spiro atoms. The molecule has 0 N–H and O–H groups in total. The summed E-state index contributed by atoms with van der Waals surface area (Å²) in [5, 5.41) is 27.5. The number of esters is 1. The van der Waals surface area contributed by atoms with Crippen LogP contribution in [0.5, 0.6) is 0 Å². The number of rotatable bonds is 10. The molecule has 176 valence electrons. The molecule has 0 radical (unpaired) electrons. The van der Waals surface area contributed by atoms with Gasteiger partial charge in [0.15, 0.2) is 0 Å². The molecule has 0 saturated carbocycles. The number of carboxylic acid groups (broad SMARTS) is 3. The second-order valence-corrected chi connectivity index (χ2v) is 6.48. The van der Waals surface area contributed by atoms with Crippen molar-refractivity contribution < 1.29 is 39.2 Å². The van der Waals surface area contributed by atoms with Crippen molar-refractivity contribution in [2.45, 2.75) is 44.5 Å². The van der Waals surface area contributed by atoms with Gasteiger partial charge in [-0.1, -0.05) is 33.1 Å². The molecule has 0 bridgehead atoms. The van der Waals surface area contributed by atoms with Crippen LogP contribution in [0.1, 0.15) is 39.5 Å². The molecule has 0 unspecified atom stereocenters. The van der Waals surface area contributed by atoms with Crippen LogP contribution in [-0.2, 0) is 23.9 Å². The molecular formula is C17H32O8S4Sn. The topological polar surface area (TPSA) is 147 Å². The zero-order valence-electron chi connectivity index (χ0n) is 17.5. The number of hydrogen-bond donors (Lipinski definition) is 4. The summed E-state index contributed by atoms with van der Waals surface area (Å²) < 4.78 is 4.88. The summed E-state index contributed by atoms with van der Waals surface area (Å²) in [5.41, 5.74) is 0. The molecule has 0 aliphatic rings. The van der Waals surface area contributed by atoms with Gasteiger partial charge in [0.2, 0.25) is 0 Å². The third kappa shape index (κ3) is 70.6. The first-order chi connectivity index (χ1) is 14.0. The predicted molar refractivity (Wildman–Crippen MR) is 126 cm³/mol. The Balaban J connectivity index is -0.000000102. The van der Waals surface area contributed by atoms with Crippen LogP contribution in [0.25, 0.3) is 0 Å². The van der Waals surface area contributed by atoms with Crippen molar-refractivity contribution in [3.63, 3.8) is 0 Å². The number of aliphatic carboxylic acids is 3. The fraction of sp³-hybridized carbons (Fsp3) is 0.765. The van der Waals surface area contributed by atoms with Crippen LogP contribution < -0.4 is 15.3 Å². The molecule has 0 aliphatic heterocycles. The summed E-state index contributed by atoms with van der Waals surface area (Å²) in [5.74, 6) is -3.23. The van der Waals surface area contributed by atoms with E-state index in [1.165, 1.54) is 12.8 Å². The molecule has 0 atom stereocenters. The molecule has 0 fully saturated rings. The number of carboxylic acids is 3. The molecule has 0 aromatic rings. The summed E-state index contributed by atoms with van der Waals surface area (Å²) in [4.78, 5) is 40.3. The minimum atomic E-state index is -1.13. The van der Waals surface area contributed by atoms with Crippen molar-refractivity contribution in [1.29, 1.82) is 0 Å². The number of thiol groups is 4. The van der Waals surface area contributed by atoms with Crippen LogP contribution in [0.2, 0.25) is 4.94 Å². The molecule has 0 aromatic carbocycles. The van der Waals surface area contributed by atoms with Crippen LogP contribution in [-0.4, -0.2) is 76.0 Å². The van der Waals surface area contributed by atoms with Crippen molar-refractivity contribution in [1.82, 2.24) is 0 Å². The van der Waals surface area contributed by atoms with E-state index in [1.807, 2.05) is 0 Å². The van der Waals surface area contributed by atoms with Crippen molar-refractivity contribution in [3.8, 4) is 0 Å². The second-order valence-electron chi connectivity index (χ2n) is 5.21. The van der Waals surface area contributed by atoms with Gasteiger partial charge in [-0.15, -0.1) is 0 Å². The summed E-state index contributed by atoms with van der Waals surface area (Å²) >= 11 is 15.4. The summed E-state index contributed by atoms with van der Waals surface area (Å²) in [6.45, 7) is 5.00. The molecule has 0 saturated heterocycles. The first-order valence-corrected chi connectivity index (χ1v) is 14.0. The molecule has 8 nitrogen and oxygen atoms in total. The van der Waals surface area contributed by atoms with Gasteiger partial charge in [-0.2, -0.15) is 50.5 Å². The van der Waals surface area contributed by atoms with E-state index in [0.717, 1.165) is 18.8 Å². The average Bonchev–Trinajstić information content (AvgIpc) is 2.72. The molecule has 0 heterocycles. The Bertz CT molecular complexity index is 380. The molecule has 0 rings (SSSR count). The summed E-state index contributed by atoms with van der Waals surface area (Å²) in [6, 6.07) is 0. The fourth-order valence-corrected chi connectivity index (χ4v) is 1.15. The van der Waals surface area contributed by atoms with E-state index in [2.05, 4.69) is 69.3 Å². The fourth-order valence-electron chi connectivity index (χ4n) is 1.06. The van der Waals surface area contributed by atoms with E-state index in [1.54, 1.807) is 22.5 Å². The van der Waals surface area contributed by atoms with Gasteiger partial charge in [0.1, 0.15) is 0 Å². The number of carbonyl (C=O) groups is 4. The van der Waals surface area contributed by atoms with E-state index >= 15 is 0 Å². The van der Waals surface area contributed by atoms with E-state index in [-0.39, 0.29) is 29.0 Å². The van der Waals surface area contributed by atoms with Gasteiger partial charge in [0, 0.05) is 17.3 Å². The van der Waals surface area contributed by atoms with Crippen LogP contribution in [0.4, 0.5) is 0 Å². The standard InChI is InChI=1S/C10H20O2S.3C2H4O2S.CH3.Sn/c1-9(2)6-4-3-5-7-12-10(11)8-13;3*3-2(4)1-5;;/h9,13H,3-8H2,1-2H3;3*5H,1H2,(H,3,4);1H3;/q;;;;;+3/p-3. The van der Waals surface area contributed by atoms with Crippen molar-refractivity contribution in [2.24, 2.45) is 5.92 Å². The van der Waals surface area contributed by atoms with Crippen LogP contribution in [0, 0.1) is 5.92 Å². The van der Waals surface area contributed by atoms with E-state index in [9.17, 15) is 34.5 Å². The number of ether oxygens (including phenoxy) is 1. The molecule has 13 heteroatoms. The van der Waals surface area contributed by atoms with E-state index < -0.39 is 17.9 Å². The van der Waals surface area contributed by atoms with Crippen molar-refractivity contribution in [3.05, 3.63) is 0 Å². The summed E-state index contributed by atoms with van der Waals surface area (Å²) in [6.07, 6.45) is 4.63.